The fourth-order valence-electron chi connectivity index (χ4n) is 3.52. The lowest BCUT2D eigenvalue weighted by molar-refractivity contribution is 0.0950. The third kappa shape index (κ3) is 5.11. The highest BCUT2D eigenvalue weighted by molar-refractivity contribution is 5.93. The number of hydrogen-bond acceptors (Lipinski definition) is 4. The Morgan fingerprint density at radius 3 is 2.50 bits per heavy atom. The molecule has 1 aliphatic rings. The number of aromatic nitrogens is 2. The molecule has 0 unspecified atom stereocenters. The maximum absolute atomic E-state index is 12.2. The van der Waals surface area contributed by atoms with Gasteiger partial charge < -0.3 is 10.2 Å². The van der Waals surface area contributed by atoms with E-state index in [1.165, 1.54) is 32.1 Å². The second-order valence-electron chi connectivity index (χ2n) is 7.04. The average molecular weight is 352 g/mol. The molecular weight excluding hydrogens is 324 g/mol. The monoisotopic (exact) mass is 352 g/mol. The minimum Gasteiger partial charge on any atom is -0.352 e. The molecule has 138 valence electrons. The molecule has 0 saturated heterocycles. The Morgan fingerprint density at radius 2 is 1.81 bits per heavy atom. The van der Waals surface area contributed by atoms with Gasteiger partial charge in [0.15, 0.2) is 5.82 Å². The minimum absolute atomic E-state index is 0.107. The van der Waals surface area contributed by atoms with Crippen molar-refractivity contribution in [2.24, 2.45) is 0 Å². The fourth-order valence-corrected chi connectivity index (χ4v) is 3.52. The van der Waals surface area contributed by atoms with Crippen LogP contribution in [-0.2, 0) is 0 Å². The number of nitrogens with one attached hydrogen (secondary N) is 1. The summed E-state index contributed by atoms with van der Waals surface area (Å²) < 4.78 is 0. The predicted molar refractivity (Wildman–Crippen MR) is 104 cm³/mol. The van der Waals surface area contributed by atoms with E-state index in [-0.39, 0.29) is 5.91 Å². The summed E-state index contributed by atoms with van der Waals surface area (Å²) in [6, 6.07) is 10.5. The summed E-state index contributed by atoms with van der Waals surface area (Å²) in [5.41, 5.74) is 1.45. The molecule has 1 fully saturated rings. The van der Waals surface area contributed by atoms with Gasteiger partial charge in [0.25, 0.3) is 5.91 Å². The minimum atomic E-state index is -0.107. The van der Waals surface area contributed by atoms with Crippen LogP contribution >= 0.6 is 0 Å². The van der Waals surface area contributed by atoms with Crippen LogP contribution in [-0.4, -0.2) is 47.0 Å². The van der Waals surface area contributed by atoms with E-state index in [1.54, 1.807) is 12.4 Å². The Hall–Kier alpha value is -2.27. The number of hydrogen-bond donors (Lipinski definition) is 1. The van der Waals surface area contributed by atoms with Gasteiger partial charge in [-0.15, -0.1) is 0 Å². The molecule has 1 saturated carbocycles. The van der Waals surface area contributed by atoms with Crippen molar-refractivity contribution in [2.45, 2.75) is 44.6 Å². The van der Waals surface area contributed by atoms with Crippen LogP contribution in [0, 0.1) is 0 Å². The number of carbonyl (C=O) groups excluding carboxylic acids is 1. The molecule has 5 nitrogen and oxygen atoms in total. The van der Waals surface area contributed by atoms with Gasteiger partial charge in [0, 0.05) is 30.5 Å². The van der Waals surface area contributed by atoms with Crippen LogP contribution in [0.1, 0.15) is 48.9 Å². The summed E-state index contributed by atoms with van der Waals surface area (Å²) in [6.45, 7) is 1.70. The van der Waals surface area contributed by atoms with E-state index in [2.05, 4.69) is 27.2 Å². The molecule has 3 rings (SSSR count). The average Bonchev–Trinajstić information content (AvgIpc) is 2.72. The number of rotatable bonds is 7. The summed E-state index contributed by atoms with van der Waals surface area (Å²) in [7, 11) is 2.20. The first kappa shape index (κ1) is 18.5. The van der Waals surface area contributed by atoms with E-state index in [0.29, 0.717) is 17.9 Å². The Labute approximate surface area is 155 Å². The van der Waals surface area contributed by atoms with Gasteiger partial charge in [0.2, 0.25) is 0 Å². The SMILES string of the molecule is CN(CCCNC(=O)c1cnc(-c2ccccc2)nc1)C1CCCCC1. The standard InChI is InChI=1S/C21H28N4O/c1-25(19-11-6-3-7-12-19)14-8-13-22-21(26)18-15-23-20(24-16-18)17-9-4-2-5-10-17/h2,4-5,9-10,15-16,19H,3,6-8,11-14H2,1H3,(H,22,26). The van der Waals surface area contributed by atoms with Crippen LogP contribution in [0.15, 0.2) is 42.7 Å². The topological polar surface area (TPSA) is 58.1 Å². The second kappa shape index (κ2) is 9.43. The molecule has 1 aliphatic carbocycles. The van der Waals surface area contributed by atoms with Crippen molar-refractivity contribution in [3.8, 4) is 11.4 Å². The van der Waals surface area contributed by atoms with Gasteiger partial charge in [-0.1, -0.05) is 49.6 Å². The Morgan fingerprint density at radius 1 is 1.12 bits per heavy atom. The van der Waals surface area contributed by atoms with Crippen LogP contribution in [0.3, 0.4) is 0 Å². The van der Waals surface area contributed by atoms with Gasteiger partial charge in [0.1, 0.15) is 0 Å². The van der Waals surface area contributed by atoms with E-state index >= 15 is 0 Å². The van der Waals surface area contributed by atoms with E-state index in [4.69, 9.17) is 0 Å². The molecule has 1 aromatic carbocycles. The normalized spacial score (nSPS) is 15.2. The first-order valence-electron chi connectivity index (χ1n) is 9.60. The van der Waals surface area contributed by atoms with Gasteiger partial charge in [-0.05, 0) is 32.9 Å². The molecule has 0 radical (unpaired) electrons. The van der Waals surface area contributed by atoms with Gasteiger partial charge in [-0.25, -0.2) is 9.97 Å². The van der Waals surface area contributed by atoms with Gasteiger partial charge in [0.05, 0.1) is 5.56 Å². The van der Waals surface area contributed by atoms with Gasteiger partial charge in [-0.3, -0.25) is 4.79 Å². The zero-order chi connectivity index (χ0) is 18.2. The van der Waals surface area contributed by atoms with E-state index in [1.807, 2.05) is 30.3 Å². The highest BCUT2D eigenvalue weighted by Gasteiger charge is 2.17. The zero-order valence-corrected chi connectivity index (χ0v) is 15.5. The molecule has 0 atom stereocenters. The maximum Gasteiger partial charge on any atom is 0.254 e. The lowest BCUT2D eigenvalue weighted by Gasteiger charge is -2.31. The molecule has 1 aromatic heterocycles. The fraction of sp³-hybridized carbons (Fsp3) is 0.476. The molecule has 0 spiro atoms. The molecule has 0 aliphatic heterocycles. The van der Waals surface area contributed by atoms with Crippen molar-refractivity contribution in [1.82, 2.24) is 20.2 Å². The summed E-state index contributed by atoms with van der Waals surface area (Å²) in [5.74, 6) is 0.529. The molecule has 1 N–H and O–H groups in total. The molecule has 1 heterocycles. The maximum atomic E-state index is 12.2. The predicted octanol–water partition coefficient (Wildman–Crippen LogP) is 3.53. The molecule has 1 amide bonds. The van der Waals surface area contributed by atoms with Crippen molar-refractivity contribution in [3.63, 3.8) is 0 Å². The quantitative estimate of drug-likeness (QED) is 0.775. The number of nitrogens with zero attached hydrogens (tertiary/aromatic N) is 3. The van der Waals surface area contributed by atoms with Gasteiger partial charge >= 0.3 is 0 Å². The van der Waals surface area contributed by atoms with Crippen molar-refractivity contribution < 1.29 is 4.79 Å². The van der Waals surface area contributed by atoms with Crippen LogP contribution < -0.4 is 5.32 Å². The molecule has 2 aromatic rings. The summed E-state index contributed by atoms with van der Waals surface area (Å²) in [4.78, 5) is 23.3. The lowest BCUT2D eigenvalue weighted by Crippen LogP contribution is -2.35. The van der Waals surface area contributed by atoms with Crippen molar-refractivity contribution >= 4 is 5.91 Å². The highest BCUT2D eigenvalue weighted by atomic mass is 16.1. The highest BCUT2D eigenvalue weighted by Crippen LogP contribution is 2.21. The summed E-state index contributed by atoms with van der Waals surface area (Å²) >= 11 is 0. The largest absolute Gasteiger partial charge is 0.352 e. The Balaban J connectivity index is 1.42. The first-order valence-corrected chi connectivity index (χ1v) is 9.60. The number of carbonyl (C=O) groups is 1. The van der Waals surface area contributed by atoms with E-state index in [9.17, 15) is 4.79 Å². The Bertz CT molecular complexity index is 681. The number of benzene rings is 1. The van der Waals surface area contributed by atoms with Crippen LogP contribution in [0.2, 0.25) is 0 Å². The third-order valence-electron chi connectivity index (χ3n) is 5.12. The molecule has 5 heteroatoms. The van der Waals surface area contributed by atoms with E-state index in [0.717, 1.165) is 24.6 Å². The molecule has 26 heavy (non-hydrogen) atoms. The van der Waals surface area contributed by atoms with Gasteiger partial charge in [-0.2, -0.15) is 0 Å². The van der Waals surface area contributed by atoms with Crippen LogP contribution in [0.25, 0.3) is 11.4 Å². The van der Waals surface area contributed by atoms with Crippen molar-refractivity contribution in [2.75, 3.05) is 20.1 Å². The molecular formula is C21H28N4O. The second-order valence-corrected chi connectivity index (χ2v) is 7.04. The number of amides is 1. The smallest absolute Gasteiger partial charge is 0.254 e. The van der Waals surface area contributed by atoms with Crippen LogP contribution in [0.4, 0.5) is 0 Å². The Kier molecular flexibility index (Phi) is 6.72. The first-order chi connectivity index (χ1) is 12.7. The van der Waals surface area contributed by atoms with Crippen molar-refractivity contribution in [1.29, 1.82) is 0 Å². The van der Waals surface area contributed by atoms with E-state index < -0.39 is 0 Å². The third-order valence-corrected chi connectivity index (χ3v) is 5.12. The molecule has 0 bridgehead atoms. The van der Waals surface area contributed by atoms with Crippen molar-refractivity contribution in [3.05, 3.63) is 48.3 Å². The lowest BCUT2D eigenvalue weighted by atomic mass is 9.94. The zero-order valence-electron chi connectivity index (χ0n) is 15.5. The van der Waals surface area contributed by atoms with Crippen LogP contribution in [0.5, 0.6) is 0 Å². The summed E-state index contributed by atoms with van der Waals surface area (Å²) in [6.07, 6.45) is 10.9. The summed E-state index contributed by atoms with van der Waals surface area (Å²) in [5, 5.41) is 2.97.